The van der Waals surface area contributed by atoms with Crippen LogP contribution in [0.15, 0.2) is 12.1 Å². The van der Waals surface area contributed by atoms with Crippen LogP contribution in [0.2, 0.25) is 0 Å². The van der Waals surface area contributed by atoms with Gasteiger partial charge in [0, 0.05) is 12.1 Å². The quantitative estimate of drug-likeness (QED) is 0.424. The number of nitrogens with zero attached hydrogens (tertiary/aromatic N) is 1. The van der Waals surface area contributed by atoms with Crippen LogP contribution in [0, 0.1) is 24.0 Å². The van der Waals surface area contributed by atoms with Gasteiger partial charge in [-0.15, -0.1) is 0 Å². The zero-order valence-electron chi connectivity index (χ0n) is 8.73. The van der Waals surface area contributed by atoms with Crippen molar-refractivity contribution >= 4 is 11.7 Å². The molecule has 0 saturated heterocycles. The third-order valence-electron chi connectivity index (χ3n) is 2.27. The van der Waals surface area contributed by atoms with E-state index in [1.165, 1.54) is 19.2 Å². The topological polar surface area (TPSA) is 69.4 Å². The van der Waals surface area contributed by atoms with Gasteiger partial charge in [0.15, 0.2) is 0 Å². The predicted molar refractivity (Wildman–Crippen MR) is 53.9 cm³/mol. The van der Waals surface area contributed by atoms with Gasteiger partial charge in [0.05, 0.1) is 17.6 Å². The van der Waals surface area contributed by atoms with Crippen LogP contribution in [-0.2, 0) is 4.74 Å². The van der Waals surface area contributed by atoms with E-state index < -0.39 is 10.9 Å². The van der Waals surface area contributed by atoms with E-state index in [0.717, 1.165) is 0 Å². The highest BCUT2D eigenvalue weighted by molar-refractivity contribution is 5.92. The van der Waals surface area contributed by atoms with E-state index in [9.17, 15) is 14.9 Å². The average molecular weight is 209 g/mol. The molecule has 0 unspecified atom stereocenters. The molecular weight excluding hydrogens is 198 g/mol. The normalized spacial score (nSPS) is 9.80. The fraction of sp³-hybridized carbons (Fsp3) is 0.300. The molecule has 15 heavy (non-hydrogen) atoms. The van der Waals surface area contributed by atoms with Gasteiger partial charge >= 0.3 is 5.97 Å². The van der Waals surface area contributed by atoms with Crippen molar-refractivity contribution in [1.82, 2.24) is 0 Å². The zero-order valence-corrected chi connectivity index (χ0v) is 8.73. The Kier molecular flexibility index (Phi) is 3.04. The van der Waals surface area contributed by atoms with Crippen molar-refractivity contribution in [2.24, 2.45) is 0 Å². The SMILES string of the molecule is COC(=O)c1cc([N+](=O)[O-])cc(C)c1C. The molecule has 0 radical (unpaired) electrons. The lowest BCUT2D eigenvalue weighted by atomic mass is 10.0. The first-order chi connectivity index (χ1) is 6.97. The average Bonchev–Trinajstić information content (AvgIpc) is 2.20. The van der Waals surface area contributed by atoms with Crippen molar-refractivity contribution < 1.29 is 14.5 Å². The molecular formula is C10H11NO4. The molecule has 80 valence electrons. The number of benzene rings is 1. The third-order valence-corrected chi connectivity index (χ3v) is 2.27. The molecule has 0 bridgehead atoms. The minimum Gasteiger partial charge on any atom is -0.465 e. The number of hydrogen-bond acceptors (Lipinski definition) is 4. The number of ether oxygens (including phenoxy) is 1. The summed E-state index contributed by atoms with van der Waals surface area (Å²) in [6, 6.07) is 2.66. The molecule has 0 amide bonds. The van der Waals surface area contributed by atoms with Crippen molar-refractivity contribution in [3.05, 3.63) is 38.9 Å². The van der Waals surface area contributed by atoms with Gasteiger partial charge in [-0.25, -0.2) is 4.79 Å². The number of aryl methyl sites for hydroxylation is 1. The summed E-state index contributed by atoms with van der Waals surface area (Å²) in [4.78, 5) is 21.4. The number of non-ortho nitro benzene ring substituents is 1. The van der Waals surface area contributed by atoms with Gasteiger partial charge in [-0.3, -0.25) is 10.1 Å². The van der Waals surface area contributed by atoms with E-state index >= 15 is 0 Å². The predicted octanol–water partition coefficient (Wildman–Crippen LogP) is 2.00. The highest BCUT2D eigenvalue weighted by atomic mass is 16.6. The first-order valence-electron chi connectivity index (χ1n) is 4.31. The Labute approximate surface area is 86.8 Å². The number of hydrogen-bond donors (Lipinski definition) is 0. The van der Waals surface area contributed by atoms with Gasteiger partial charge in [0.25, 0.3) is 5.69 Å². The maximum absolute atomic E-state index is 11.3. The summed E-state index contributed by atoms with van der Waals surface area (Å²) in [5.41, 5.74) is 1.54. The van der Waals surface area contributed by atoms with Crippen LogP contribution in [0.1, 0.15) is 21.5 Å². The Bertz CT molecular complexity index is 426. The molecule has 0 aliphatic heterocycles. The highest BCUT2D eigenvalue weighted by Gasteiger charge is 2.17. The van der Waals surface area contributed by atoms with Crippen LogP contribution in [0.4, 0.5) is 5.69 Å². The summed E-state index contributed by atoms with van der Waals surface area (Å²) < 4.78 is 4.55. The van der Waals surface area contributed by atoms with Crippen LogP contribution in [-0.4, -0.2) is 18.0 Å². The van der Waals surface area contributed by atoms with Crippen molar-refractivity contribution in [1.29, 1.82) is 0 Å². The molecule has 0 aliphatic carbocycles. The summed E-state index contributed by atoms with van der Waals surface area (Å²) in [7, 11) is 1.25. The molecule has 1 aromatic rings. The van der Waals surface area contributed by atoms with E-state index in [2.05, 4.69) is 4.74 Å². The number of nitro benzene ring substituents is 1. The minimum absolute atomic E-state index is 0.0986. The van der Waals surface area contributed by atoms with E-state index in [0.29, 0.717) is 11.1 Å². The molecule has 1 aromatic carbocycles. The molecule has 0 aliphatic rings. The van der Waals surface area contributed by atoms with Crippen molar-refractivity contribution in [3.63, 3.8) is 0 Å². The molecule has 5 heteroatoms. The van der Waals surface area contributed by atoms with Crippen molar-refractivity contribution in [2.75, 3.05) is 7.11 Å². The number of carbonyl (C=O) groups is 1. The lowest BCUT2D eigenvalue weighted by Crippen LogP contribution is -2.06. The maximum atomic E-state index is 11.3. The van der Waals surface area contributed by atoms with Crippen LogP contribution in [0.25, 0.3) is 0 Å². The second kappa shape index (κ2) is 4.08. The fourth-order valence-corrected chi connectivity index (χ4v) is 1.27. The number of esters is 1. The number of methoxy groups -OCH3 is 1. The molecule has 0 fully saturated rings. The Morgan fingerprint density at radius 2 is 2.00 bits per heavy atom. The minimum atomic E-state index is -0.556. The Morgan fingerprint density at radius 3 is 2.47 bits per heavy atom. The van der Waals surface area contributed by atoms with E-state index in [-0.39, 0.29) is 11.3 Å². The summed E-state index contributed by atoms with van der Waals surface area (Å²) in [6.45, 7) is 3.44. The Morgan fingerprint density at radius 1 is 1.40 bits per heavy atom. The van der Waals surface area contributed by atoms with Crippen LogP contribution >= 0.6 is 0 Å². The lowest BCUT2D eigenvalue weighted by Gasteiger charge is -2.06. The van der Waals surface area contributed by atoms with Gasteiger partial charge in [-0.2, -0.15) is 0 Å². The first-order valence-corrected chi connectivity index (χ1v) is 4.31. The Balaban J connectivity index is 3.37. The summed E-state index contributed by atoms with van der Waals surface area (Å²) in [5.74, 6) is -0.556. The summed E-state index contributed by atoms with van der Waals surface area (Å²) in [6.07, 6.45) is 0. The van der Waals surface area contributed by atoms with E-state index in [1.807, 2.05) is 0 Å². The smallest absolute Gasteiger partial charge is 0.338 e. The van der Waals surface area contributed by atoms with Gasteiger partial charge < -0.3 is 4.74 Å². The Hall–Kier alpha value is -1.91. The van der Waals surface area contributed by atoms with Crippen LogP contribution < -0.4 is 0 Å². The largest absolute Gasteiger partial charge is 0.465 e. The van der Waals surface area contributed by atoms with Gasteiger partial charge in [-0.05, 0) is 25.0 Å². The maximum Gasteiger partial charge on any atom is 0.338 e. The monoisotopic (exact) mass is 209 g/mol. The molecule has 0 saturated carbocycles. The van der Waals surface area contributed by atoms with Crippen LogP contribution in [0.5, 0.6) is 0 Å². The molecule has 0 atom stereocenters. The summed E-state index contributed by atoms with van der Waals surface area (Å²) in [5, 5.41) is 10.6. The molecule has 0 heterocycles. The van der Waals surface area contributed by atoms with Gasteiger partial charge in [0.1, 0.15) is 0 Å². The standard InChI is InChI=1S/C10H11NO4/c1-6-4-8(11(13)14)5-9(7(6)2)10(12)15-3/h4-5H,1-3H3. The molecule has 0 spiro atoms. The number of rotatable bonds is 2. The van der Waals surface area contributed by atoms with Gasteiger partial charge in [-0.1, -0.05) is 0 Å². The van der Waals surface area contributed by atoms with E-state index in [4.69, 9.17) is 0 Å². The number of nitro groups is 1. The molecule has 5 nitrogen and oxygen atoms in total. The lowest BCUT2D eigenvalue weighted by molar-refractivity contribution is -0.384. The fourth-order valence-electron chi connectivity index (χ4n) is 1.27. The third kappa shape index (κ3) is 2.12. The van der Waals surface area contributed by atoms with Crippen molar-refractivity contribution in [2.45, 2.75) is 13.8 Å². The second-order valence-corrected chi connectivity index (χ2v) is 3.18. The second-order valence-electron chi connectivity index (χ2n) is 3.18. The van der Waals surface area contributed by atoms with Gasteiger partial charge in [0.2, 0.25) is 0 Å². The van der Waals surface area contributed by atoms with Crippen molar-refractivity contribution in [3.8, 4) is 0 Å². The van der Waals surface area contributed by atoms with Crippen LogP contribution in [0.3, 0.4) is 0 Å². The molecule has 0 N–H and O–H groups in total. The molecule has 1 rings (SSSR count). The highest BCUT2D eigenvalue weighted by Crippen LogP contribution is 2.22. The molecule has 0 aromatic heterocycles. The summed E-state index contributed by atoms with van der Waals surface area (Å²) >= 11 is 0. The first kappa shape index (κ1) is 11.2. The van der Waals surface area contributed by atoms with E-state index in [1.54, 1.807) is 13.8 Å². The zero-order chi connectivity index (χ0) is 11.6. The number of carbonyl (C=O) groups excluding carboxylic acids is 1.